The molecule has 2 nitrogen and oxygen atoms in total. The second-order valence-corrected chi connectivity index (χ2v) is 2.27. The van der Waals surface area contributed by atoms with Gasteiger partial charge in [-0.2, -0.15) is 22.0 Å². The van der Waals surface area contributed by atoms with Crippen molar-refractivity contribution in [2.24, 2.45) is 0 Å². The first-order valence-electron chi connectivity index (χ1n) is 2.60. The lowest BCUT2D eigenvalue weighted by molar-refractivity contribution is -0.374. The fourth-order valence-electron chi connectivity index (χ4n) is 0.230. The highest BCUT2D eigenvalue weighted by molar-refractivity contribution is 6.40. The minimum atomic E-state index is -5.96. The van der Waals surface area contributed by atoms with Crippen LogP contribution in [-0.4, -0.2) is 18.3 Å². The minimum absolute atomic E-state index is 1.07. The summed E-state index contributed by atoms with van der Waals surface area (Å²) in [4.78, 5) is 10.2. The summed E-state index contributed by atoms with van der Waals surface area (Å²) in [6, 6.07) is 0. The maximum absolute atomic E-state index is 11.9. The highest BCUT2D eigenvalue weighted by atomic mass is 35.5. The van der Waals surface area contributed by atoms with E-state index in [-0.39, 0.29) is 0 Å². The van der Waals surface area contributed by atoms with E-state index in [2.05, 4.69) is 11.3 Å². The summed E-state index contributed by atoms with van der Waals surface area (Å²) in [5.41, 5.74) is 0. The molecule has 0 N–H and O–H groups in total. The number of hydrogen-bond acceptors (Lipinski definition) is 2. The van der Waals surface area contributed by atoms with Crippen LogP contribution in [0, 0.1) is 0 Å². The van der Waals surface area contributed by atoms with Crippen LogP contribution in [0.2, 0.25) is 0 Å². The molecule has 0 unspecified atom stereocenters. The lowest BCUT2D eigenvalue weighted by atomic mass is 10.6. The van der Waals surface area contributed by atoms with Gasteiger partial charge in [-0.3, -0.25) is 0 Å². The van der Waals surface area contributed by atoms with E-state index in [1.54, 1.807) is 0 Å². The first-order valence-corrected chi connectivity index (χ1v) is 2.98. The molecule has 0 aromatic carbocycles. The van der Waals surface area contributed by atoms with E-state index in [1.807, 2.05) is 0 Å². The first kappa shape index (κ1) is 12.2. The van der Waals surface area contributed by atoms with Crippen LogP contribution in [0.4, 0.5) is 22.0 Å². The SMILES string of the molecule is C=C(Cl)C(=O)OC(F)(F)C(F)(F)F. The molecular weight excluding hydrogens is 222 g/mol. The average molecular weight is 225 g/mol. The number of alkyl halides is 5. The van der Waals surface area contributed by atoms with Gasteiger partial charge in [0.1, 0.15) is 5.03 Å². The number of carbonyl (C=O) groups is 1. The molecule has 0 fully saturated rings. The highest BCUT2D eigenvalue weighted by Crippen LogP contribution is 2.36. The Bertz CT molecular complexity index is 234. The molecule has 0 bridgehead atoms. The van der Waals surface area contributed by atoms with E-state index in [9.17, 15) is 26.7 Å². The Morgan fingerprint density at radius 3 is 1.85 bits per heavy atom. The van der Waals surface area contributed by atoms with Crippen molar-refractivity contribution in [3.8, 4) is 0 Å². The Labute approximate surface area is 73.9 Å². The Morgan fingerprint density at radius 1 is 1.23 bits per heavy atom. The smallest absolute Gasteiger partial charge is 0.389 e. The largest absolute Gasteiger partial charge is 0.501 e. The fraction of sp³-hybridized carbons (Fsp3) is 0.400. The fourth-order valence-corrected chi connectivity index (χ4v) is 0.268. The van der Waals surface area contributed by atoms with Gasteiger partial charge in [0, 0.05) is 0 Å². The Kier molecular flexibility index (Phi) is 3.26. The maximum atomic E-state index is 11.9. The standard InChI is InChI=1S/C5H2ClF5O2/c1-2(6)3(12)13-5(10,11)4(7,8)9/h1H2. The summed E-state index contributed by atoms with van der Waals surface area (Å²) in [7, 11) is 0. The Hall–Kier alpha value is -0.850. The highest BCUT2D eigenvalue weighted by Gasteiger charge is 2.62. The number of hydrogen-bond donors (Lipinski definition) is 0. The zero-order valence-corrected chi connectivity index (χ0v) is 6.55. The van der Waals surface area contributed by atoms with Crippen molar-refractivity contribution < 1.29 is 31.5 Å². The monoisotopic (exact) mass is 224 g/mol. The van der Waals surface area contributed by atoms with Gasteiger partial charge < -0.3 is 4.74 Å². The third kappa shape index (κ3) is 3.17. The number of carbonyl (C=O) groups excluding carboxylic acids is 1. The third-order valence-electron chi connectivity index (χ3n) is 0.772. The number of rotatable bonds is 2. The van der Waals surface area contributed by atoms with Crippen LogP contribution in [0.15, 0.2) is 11.6 Å². The van der Waals surface area contributed by atoms with Crippen molar-refractivity contribution >= 4 is 17.6 Å². The predicted molar refractivity (Wildman–Crippen MR) is 32.1 cm³/mol. The molecule has 0 amide bonds. The molecule has 0 aliphatic carbocycles. The van der Waals surface area contributed by atoms with Crippen molar-refractivity contribution in [1.29, 1.82) is 0 Å². The molecule has 0 spiro atoms. The quantitative estimate of drug-likeness (QED) is 0.409. The lowest BCUT2D eigenvalue weighted by Gasteiger charge is -2.18. The van der Waals surface area contributed by atoms with Crippen molar-refractivity contribution in [2.75, 3.05) is 0 Å². The Balaban J connectivity index is 4.53. The van der Waals surface area contributed by atoms with Gasteiger partial charge in [0.25, 0.3) is 0 Å². The topological polar surface area (TPSA) is 26.3 Å². The van der Waals surface area contributed by atoms with E-state index in [1.165, 1.54) is 0 Å². The minimum Gasteiger partial charge on any atom is -0.389 e. The molecule has 0 radical (unpaired) electrons. The van der Waals surface area contributed by atoms with Crippen LogP contribution in [-0.2, 0) is 9.53 Å². The summed E-state index contributed by atoms with van der Waals surface area (Å²) < 4.78 is 60.6. The number of halogens is 6. The third-order valence-corrected chi connectivity index (χ3v) is 0.927. The summed E-state index contributed by atoms with van der Waals surface area (Å²) in [5, 5.41) is -1.07. The zero-order valence-electron chi connectivity index (χ0n) is 5.79. The molecule has 76 valence electrons. The van der Waals surface area contributed by atoms with Crippen molar-refractivity contribution in [1.82, 2.24) is 0 Å². The van der Waals surface area contributed by atoms with Gasteiger partial charge in [0.15, 0.2) is 0 Å². The molecule has 0 aromatic rings. The molecule has 13 heavy (non-hydrogen) atoms. The zero-order chi connectivity index (χ0) is 10.9. The number of ether oxygens (including phenoxy) is 1. The molecule has 0 saturated carbocycles. The normalized spacial score (nSPS) is 12.5. The van der Waals surface area contributed by atoms with Crippen LogP contribution in [0.25, 0.3) is 0 Å². The first-order chi connectivity index (χ1) is 5.58. The molecule has 0 rings (SSSR count). The molecule has 8 heteroatoms. The van der Waals surface area contributed by atoms with Gasteiger partial charge in [0.2, 0.25) is 0 Å². The average Bonchev–Trinajstić information content (AvgIpc) is 1.83. The van der Waals surface area contributed by atoms with E-state index in [0.717, 1.165) is 0 Å². The van der Waals surface area contributed by atoms with Gasteiger partial charge in [0.05, 0.1) is 0 Å². The molecule has 0 aliphatic rings. The molecule has 0 heterocycles. The maximum Gasteiger partial charge on any atom is 0.501 e. The van der Waals surface area contributed by atoms with Gasteiger partial charge in [-0.15, -0.1) is 0 Å². The number of esters is 1. The van der Waals surface area contributed by atoms with Gasteiger partial charge in [-0.1, -0.05) is 18.2 Å². The molecule has 0 atom stereocenters. The summed E-state index contributed by atoms with van der Waals surface area (Å²) in [6.45, 7) is 2.61. The van der Waals surface area contributed by atoms with Crippen LogP contribution in [0.1, 0.15) is 0 Å². The van der Waals surface area contributed by atoms with Gasteiger partial charge in [-0.05, 0) is 0 Å². The molecular formula is C5H2ClF5O2. The molecule has 0 aromatic heterocycles. The lowest BCUT2D eigenvalue weighted by Crippen LogP contribution is -2.40. The van der Waals surface area contributed by atoms with Crippen LogP contribution < -0.4 is 0 Å². The van der Waals surface area contributed by atoms with E-state index < -0.39 is 23.3 Å². The van der Waals surface area contributed by atoms with E-state index in [4.69, 9.17) is 11.6 Å². The predicted octanol–water partition coefficient (Wildman–Crippen LogP) is 2.44. The van der Waals surface area contributed by atoms with Crippen LogP contribution in [0.3, 0.4) is 0 Å². The molecule has 0 saturated heterocycles. The van der Waals surface area contributed by atoms with Crippen molar-refractivity contribution in [2.45, 2.75) is 12.3 Å². The van der Waals surface area contributed by atoms with Gasteiger partial charge >= 0.3 is 18.3 Å². The summed E-state index contributed by atoms with van der Waals surface area (Å²) in [5.74, 6) is -2.02. The van der Waals surface area contributed by atoms with Gasteiger partial charge in [-0.25, -0.2) is 4.79 Å². The van der Waals surface area contributed by atoms with Crippen LogP contribution >= 0.6 is 11.6 Å². The molecule has 0 aliphatic heterocycles. The summed E-state index contributed by atoms with van der Waals surface area (Å²) >= 11 is 4.71. The second-order valence-electron chi connectivity index (χ2n) is 1.81. The summed E-state index contributed by atoms with van der Waals surface area (Å²) in [6.07, 6.45) is -11.5. The second kappa shape index (κ2) is 3.49. The Morgan fingerprint density at radius 2 is 1.62 bits per heavy atom. The van der Waals surface area contributed by atoms with E-state index in [0.29, 0.717) is 0 Å². The van der Waals surface area contributed by atoms with Crippen molar-refractivity contribution in [3.63, 3.8) is 0 Å². The van der Waals surface area contributed by atoms with E-state index >= 15 is 0 Å². The van der Waals surface area contributed by atoms with Crippen LogP contribution in [0.5, 0.6) is 0 Å². The van der Waals surface area contributed by atoms with Crippen molar-refractivity contribution in [3.05, 3.63) is 11.6 Å².